The number of hydrogen-bond acceptors (Lipinski definition) is 3. The Bertz CT molecular complexity index is 918. The average molecular weight is 456 g/mol. The van der Waals surface area contributed by atoms with Crippen LogP contribution in [0.15, 0.2) is 36.4 Å². The number of anilines is 1. The SMILES string of the molecule is O=C(Nc1ccc(Cl)cc1C(=O)N1CCCC[C@H]1CCO)c1ccc(Cl)cc1Cl. The third-order valence-corrected chi connectivity index (χ3v) is 5.77. The molecule has 1 aliphatic heterocycles. The summed E-state index contributed by atoms with van der Waals surface area (Å²) < 4.78 is 0. The minimum atomic E-state index is -0.450. The Hall–Kier alpha value is -1.79. The van der Waals surface area contributed by atoms with Crippen molar-refractivity contribution >= 4 is 52.3 Å². The van der Waals surface area contributed by atoms with Crippen LogP contribution in [0.5, 0.6) is 0 Å². The first-order valence-electron chi connectivity index (χ1n) is 9.38. The van der Waals surface area contributed by atoms with Crippen molar-refractivity contribution in [2.24, 2.45) is 0 Å². The zero-order valence-corrected chi connectivity index (χ0v) is 17.9. The van der Waals surface area contributed by atoms with Crippen LogP contribution in [0.2, 0.25) is 15.1 Å². The van der Waals surface area contributed by atoms with E-state index in [-0.39, 0.29) is 29.1 Å². The molecule has 0 saturated carbocycles. The molecule has 0 bridgehead atoms. The summed E-state index contributed by atoms with van der Waals surface area (Å²) in [4.78, 5) is 27.8. The van der Waals surface area contributed by atoms with E-state index in [1.54, 1.807) is 29.2 Å². The van der Waals surface area contributed by atoms with Gasteiger partial charge in [0.15, 0.2) is 0 Å². The fraction of sp³-hybridized carbons (Fsp3) is 0.333. The van der Waals surface area contributed by atoms with Crippen molar-refractivity contribution in [3.8, 4) is 0 Å². The molecule has 1 atom stereocenters. The lowest BCUT2D eigenvalue weighted by Crippen LogP contribution is -2.44. The molecule has 0 aliphatic carbocycles. The van der Waals surface area contributed by atoms with Crippen LogP contribution in [0, 0.1) is 0 Å². The van der Waals surface area contributed by atoms with Crippen LogP contribution in [-0.4, -0.2) is 41.0 Å². The second-order valence-corrected chi connectivity index (χ2v) is 8.21. The number of carbonyl (C=O) groups is 2. The molecule has 1 saturated heterocycles. The maximum atomic E-state index is 13.3. The maximum Gasteiger partial charge on any atom is 0.257 e. The first kappa shape index (κ1) is 21.9. The summed E-state index contributed by atoms with van der Waals surface area (Å²) in [6, 6.07) is 9.31. The van der Waals surface area contributed by atoms with Gasteiger partial charge in [-0.25, -0.2) is 0 Å². The van der Waals surface area contributed by atoms with Gasteiger partial charge in [0.25, 0.3) is 11.8 Å². The Morgan fingerprint density at radius 2 is 1.76 bits per heavy atom. The summed E-state index contributed by atoms with van der Waals surface area (Å²) in [6.45, 7) is 0.620. The molecule has 0 aromatic heterocycles. The number of aliphatic hydroxyl groups excluding tert-OH is 1. The first-order chi connectivity index (χ1) is 13.9. The summed E-state index contributed by atoms with van der Waals surface area (Å²) in [7, 11) is 0. The van der Waals surface area contributed by atoms with Gasteiger partial charge in [-0.1, -0.05) is 34.8 Å². The summed E-state index contributed by atoms with van der Waals surface area (Å²) >= 11 is 18.2. The van der Waals surface area contributed by atoms with Crippen LogP contribution < -0.4 is 5.32 Å². The third kappa shape index (κ3) is 5.23. The van der Waals surface area contributed by atoms with E-state index in [9.17, 15) is 14.7 Å². The minimum Gasteiger partial charge on any atom is -0.396 e. The molecule has 5 nitrogen and oxygen atoms in total. The van der Waals surface area contributed by atoms with Crippen LogP contribution in [0.3, 0.4) is 0 Å². The van der Waals surface area contributed by atoms with E-state index >= 15 is 0 Å². The fourth-order valence-electron chi connectivity index (χ4n) is 3.54. The lowest BCUT2D eigenvalue weighted by Gasteiger charge is -2.36. The van der Waals surface area contributed by atoms with E-state index in [1.165, 1.54) is 12.1 Å². The third-order valence-electron chi connectivity index (χ3n) is 4.99. The molecular weight excluding hydrogens is 435 g/mol. The van der Waals surface area contributed by atoms with E-state index < -0.39 is 5.91 Å². The van der Waals surface area contributed by atoms with Crippen LogP contribution in [0.1, 0.15) is 46.4 Å². The first-order valence-corrected chi connectivity index (χ1v) is 10.5. The van der Waals surface area contributed by atoms with Gasteiger partial charge in [-0.2, -0.15) is 0 Å². The van der Waals surface area contributed by atoms with E-state index in [0.29, 0.717) is 34.3 Å². The molecule has 0 unspecified atom stereocenters. The molecule has 1 fully saturated rings. The molecule has 0 spiro atoms. The van der Waals surface area contributed by atoms with Crippen LogP contribution in [0.25, 0.3) is 0 Å². The standard InChI is InChI=1S/C21H21Cl3N2O3/c22-13-5-7-19(25-20(28)16-6-4-14(23)12-18(16)24)17(11-13)21(29)26-9-2-1-3-15(26)8-10-27/h4-7,11-12,15,27H,1-3,8-10H2,(H,25,28)/t15-/m0/s1. The van der Waals surface area contributed by atoms with Crippen molar-refractivity contribution in [1.29, 1.82) is 0 Å². The molecular formula is C21H21Cl3N2O3. The van der Waals surface area contributed by atoms with Crippen molar-refractivity contribution in [2.45, 2.75) is 31.7 Å². The van der Waals surface area contributed by atoms with Crippen LogP contribution in [-0.2, 0) is 0 Å². The van der Waals surface area contributed by atoms with Crippen molar-refractivity contribution in [1.82, 2.24) is 4.90 Å². The Labute approximate surface area is 184 Å². The molecule has 2 amide bonds. The van der Waals surface area contributed by atoms with Gasteiger partial charge in [-0.05, 0) is 62.1 Å². The Morgan fingerprint density at radius 1 is 1.03 bits per heavy atom. The van der Waals surface area contributed by atoms with Gasteiger partial charge in [-0.15, -0.1) is 0 Å². The largest absolute Gasteiger partial charge is 0.396 e. The molecule has 3 rings (SSSR count). The molecule has 29 heavy (non-hydrogen) atoms. The number of likely N-dealkylation sites (tertiary alicyclic amines) is 1. The van der Waals surface area contributed by atoms with Crippen molar-refractivity contribution in [2.75, 3.05) is 18.5 Å². The number of aliphatic hydroxyl groups is 1. The second kappa shape index (κ2) is 9.81. The molecule has 2 N–H and O–H groups in total. The van der Waals surface area contributed by atoms with E-state index in [1.807, 2.05) is 0 Å². The number of piperidine rings is 1. The molecule has 1 aliphatic rings. The Balaban J connectivity index is 1.89. The number of carbonyl (C=O) groups excluding carboxylic acids is 2. The highest BCUT2D eigenvalue weighted by atomic mass is 35.5. The number of nitrogens with one attached hydrogen (secondary N) is 1. The highest BCUT2D eigenvalue weighted by Gasteiger charge is 2.29. The van der Waals surface area contributed by atoms with Gasteiger partial charge >= 0.3 is 0 Å². The van der Waals surface area contributed by atoms with Gasteiger partial charge in [0.1, 0.15) is 0 Å². The predicted octanol–water partition coefficient (Wildman–Crippen LogP) is 5.28. The topological polar surface area (TPSA) is 69.6 Å². The fourth-order valence-corrected chi connectivity index (χ4v) is 4.20. The number of benzene rings is 2. The van der Waals surface area contributed by atoms with Crippen molar-refractivity contribution in [3.63, 3.8) is 0 Å². The molecule has 8 heteroatoms. The van der Waals surface area contributed by atoms with E-state index in [0.717, 1.165) is 19.3 Å². The van der Waals surface area contributed by atoms with Crippen LogP contribution in [0.4, 0.5) is 5.69 Å². The molecule has 154 valence electrons. The summed E-state index contributed by atoms with van der Waals surface area (Å²) in [5.41, 5.74) is 0.907. The van der Waals surface area contributed by atoms with E-state index in [4.69, 9.17) is 34.8 Å². The minimum absolute atomic E-state index is 0.0165. The lowest BCUT2D eigenvalue weighted by molar-refractivity contribution is 0.0575. The Morgan fingerprint density at radius 3 is 2.48 bits per heavy atom. The number of rotatable bonds is 5. The zero-order chi connectivity index (χ0) is 21.0. The maximum absolute atomic E-state index is 13.3. The average Bonchev–Trinajstić information content (AvgIpc) is 2.69. The second-order valence-electron chi connectivity index (χ2n) is 6.93. The summed E-state index contributed by atoms with van der Waals surface area (Å²) in [5, 5.41) is 13.1. The molecule has 0 radical (unpaired) electrons. The Kier molecular flexibility index (Phi) is 7.41. The van der Waals surface area contributed by atoms with E-state index in [2.05, 4.69) is 5.32 Å². The molecule has 2 aromatic rings. The van der Waals surface area contributed by atoms with Gasteiger partial charge in [0, 0.05) is 29.2 Å². The van der Waals surface area contributed by atoms with Gasteiger partial charge in [-0.3, -0.25) is 9.59 Å². The number of hydrogen-bond donors (Lipinski definition) is 2. The van der Waals surface area contributed by atoms with Gasteiger partial charge in [0.2, 0.25) is 0 Å². The number of amides is 2. The quantitative estimate of drug-likeness (QED) is 0.645. The highest BCUT2D eigenvalue weighted by Crippen LogP contribution is 2.28. The molecule has 1 heterocycles. The van der Waals surface area contributed by atoms with Gasteiger partial charge < -0.3 is 15.3 Å². The predicted molar refractivity (Wildman–Crippen MR) is 116 cm³/mol. The lowest BCUT2D eigenvalue weighted by atomic mass is 9.98. The summed E-state index contributed by atoms with van der Waals surface area (Å²) in [6.07, 6.45) is 3.28. The smallest absolute Gasteiger partial charge is 0.257 e. The van der Waals surface area contributed by atoms with Gasteiger partial charge in [0.05, 0.1) is 21.8 Å². The monoisotopic (exact) mass is 454 g/mol. The zero-order valence-electron chi connectivity index (χ0n) is 15.6. The van der Waals surface area contributed by atoms with Crippen molar-refractivity contribution in [3.05, 3.63) is 62.6 Å². The normalized spacial score (nSPS) is 16.6. The van der Waals surface area contributed by atoms with Crippen molar-refractivity contribution < 1.29 is 14.7 Å². The number of nitrogens with zero attached hydrogens (tertiary/aromatic N) is 1. The highest BCUT2D eigenvalue weighted by molar-refractivity contribution is 6.37. The summed E-state index contributed by atoms with van der Waals surface area (Å²) in [5.74, 6) is -0.670. The van der Waals surface area contributed by atoms with Crippen LogP contribution >= 0.6 is 34.8 Å². The molecule has 2 aromatic carbocycles. The number of halogens is 3.